The molecular weight excluding hydrogens is 368 g/mol. The highest BCUT2D eigenvalue weighted by atomic mass is 32.2. The van der Waals surface area contributed by atoms with E-state index in [1.807, 2.05) is 19.9 Å². The average molecular weight is 390 g/mol. The lowest BCUT2D eigenvalue weighted by Crippen LogP contribution is -2.22. The molecule has 0 aliphatic carbocycles. The minimum atomic E-state index is -3.64. The lowest BCUT2D eigenvalue weighted by Gasteiger charge is -2.11. The van der Waals surface area contributed by atoms with Crippen molar-refractivity contribution in [2.45, 2.75) is 25.7 Å². The molecule has 0 heterocycles. The van der Waals surface area contributed by atoms with Crippen molar-refractivity contribution < 1.29 is 22.7 Å². The summed E-state index contributed by atoms with van der Waals surface area (Å²) in [5.74, 6) is -1.17. The molecule has 8 heteroatoms. The van der Waals surface area contributed by atoms with Crippen molar-refractivity contribution in [2.24, 2.45) is 0 Å². The van der Waals surface area contributed by atoms with Crippen LogP contribution in [-0.4, -0.2) is 33.9 Å². The summed E-state index contributed by atoms with van der Waals surface area (Å²) in [6.07, 6.45) is 0. The van der Waals surface area contributed by atoms with Crippen LogP contribution in [0, 0.1) is 20.8 Å². The molecule has 2 aromatic carbocycles. The number of ether oxygens (including phenoxy) is 1. The molecule has 0 saturated heterocycles. The van der Waals surface area contributed by atoms with Crippen LogP contribution < -0.4 is 10.0 Å². The molecular formula is C19H22N2O5S. The van der Waals surface area contributed by atoms with Gasteiger partial charge in [-0.1, -0.05) is 12.1 Å². The number of sulfonamides is 1. The molecule has 1 amide bonds. The number of nitrogens with one attached hydrogen (secondary N) is 2. The SMILES string of the molecule is CNS(=O)(=O)c1cc(NC(=O)COC(=O)c2ccc(C)c(C)c2)ccc1C. The molecule has 0 bridgehead atoms. The third kappa shape index (κ3) is 5.15. The Hall–Kier alpha value is -2.71. The molecule has 0 saturated carbocycles. The molecule has 0 fully saturated rings. The Balaban J connectivity index is 2.02. The van der Waals surface area contributed by atoms with Gasteiger partial charge >= 0.3 is 5.97 Å². The molecule has 0 aliphatic rings. The second-order valence-electron chi connectivity index (χ2n) is 6.11. The van der Waals surface area contributed by atoms with Gasteiger partial charge in [-0.15, -0.1) is 0 Å². The van der Waals surface area contributed by atoms with Crippen LogP contribution in [0.2, 0.25) is 0 Å². The predicted octanol–water partition coefficient (Wildman–Crippen LogP) is 2.32. The van der Waals surface area contributed by atoms with E-state index >= 15 is 0 Å². The summed E-state index contributed by atoms with van der Waals surface area (Å²) in [5, 5.41) is 2.52. The highest BCUT2D eigenvalue weighted by Crippen LogP contribution is 2.20. The molecule has 0 atom stereocenters. The predicted molar refractivity (Wildman–Crippen MR) is 102 cm³/mol. The number of carbonyl (C=O) groups excluding carboxylic acids is 2. The maximum absolute atomic E-state index is 12.0. The van der Waals surface area contributed by atoms with Gasteiger partial charge in [0.05, 0.1) is 10.5 Å². The Morgan fingerprint density at radius 2 is 1.63 bits per heavy atom. The normalized spacial score (nSPS) is 11.1. The maximum atomic E-state index is 12.0. The zero-order chi connectivity index (χ0) is 20.2. The summed E-state index contributed by atoms with van der Waals surface area (Å²) in [6, 6.07) is 9.65. The second kappa shape index (κ2) is 8.32. The first-order valence-electron chi connectivity index (χ1n) is 8.22. The fourth-order valence-corrected chi connectivity index (χ4v) is 3.35. The van der Waals surface area contributed by atoms with Crippen LogP contribution >= 0.6 is 0 Å². The van der Waals surface area contributed by atoms with Gasteiger partial charge in [0.1, 0.15) is 0 Å². The van der Waals surface area contributed by atoms with Gasteiger partial charge in [-0.05, 0) is 68.8 Å². The number of carbonyl (C=O) groups is 2. The lowest BCUT2D eigenvalue weighted by molar-refractivity contribution is -0.119. The Bertz CT molecular complexity index is 984. The standard InChI is InChI=1S/C19H22N2O5S/c1-12-5-7-15(9-14(12)3)19(23)26-11-18(22)21-16-8-6-13(2)17(10-16)27(24,25)20-4/h5-10,20H,11H2,1-4H3,(H,21,22). The fraction of sp³-hybridized carbons (Fsp3) is 0.263. The second-order valence-corrected chi connectivity index (χ2v) is 7.97. The highest BCUT2D eigenvalue weighted by molar-refractivity contribution is 7.89. The summed E-state index contributed by atoms with van der Waals surface area (Å²) in [7, 11) is -2.33. The minimum Gasteiger partial charge on any atom is -0.452 e. The Morgan fingerprint density at radius 1 is 0.963 bits per heavy atom. The summed E-state index contributed by atoms with van der Waals surface area (Å²) < 4.78 is 31.2. The molecule has 2 N–H and O–H groups in total. The number of hydrogen-bond donors (Lipinski definition) is 2. The number of esters is 1. The number of amides is 1. The van der Waals surface area contributed by atoms with Crippen LogP contribution in [0.15, 0.2) is 41.3 Å². The van der Waals surface area contributed by atoms with Gasteiger partial charge in [0.25, 0.3) is 5.91 Å². The van der Waals surface area contributed by atoms with E-state index in [-0.39, 0.29) is 4.90 Å². The van der Waals surface area contributed by atoms with Gasteiger partial charge in [0, 0.05) is 5.69 Å². The molecule has 0 radical (unpaired) electrons. The van der Waals surface area contributed by atoms with Crippen LogP contribution in [0.5, 0.6) is 0 Å². The van der Waals surface area contributed by atoms with Crippen LogP contribution in [0.3, 0.4) is 0 Å². The molecule has 7 nitrogen and oxygen atoms in total. The van der Waals surface area contributed by atoms with E-state index in [1.54, 1.807) is 31.2 Å². The summed E-state index contributed by atoms with van der Waals surface area (Å²) in [5.41, 5.74) is 3.21. The van der Waals surface area contributed by atoms with Gasteiger partial charge in [-0.25, -0.2) is 17.9 Å². The lowest BCUT2D eigenvalue weighted by atomic mass is 10.1. The van der Waals surface area contributed by atoms with E-state index in [0.717, 1.165) is 11.1 Å². The van der Waals surface area contributed by atoms with Gasteiger partial charge < -0.3 is 10.1 Å². The van der Waals surface area contributed by atoms with Gasteiger partial charge in [-0.2, -0.15) is 0 Å². The molecule has 0 aliphatic heterocycles. The van der Waals surface area contributed by atoms with Crippen LogP contribution in [-0.2, 0) is 19.6 Å². The summed E-state index contributed by atoms with van der Waals surface area (Å²) >= 11 is 0. The van der Waals surface area contributed by atoms with Crippen LogP contribution in [0.1, 0.15) is 27.0 Å². The fourth-order valence-electron chi connectivity index (χ4n) is 2.36. The van der Waals surface area contributed by atoms with Crippen molar-refractivity contribution in [3.8, 4) is 0 Å². The third-order valence-electron chi connectivity index (χ3n) is 4.11. The van der Waals surface area contributed by atoms with Gasteiger partial charge in [0.2, 0.25) is 10.0 Å². The topological polar surface area (TPSA) is 102 Å². The largest absolute Gasteiger partial charge is 0.452 e. The van der Waals surface area contributed by atoms with Gasteiger partial charge in [-0.3, -0.25) is 4.79 Å². The Labute approximate surface area is 158 Å². The first-order valence-corrected chi connectivity index (χ1v) is 9.71. The molecule has 0 unspecified atom stereocenters. The van der Waals surface area contributed by atoms with E-state index in [9.17, 15) is 18.0 Å². The van der Waals surface area contributed by atoms with Crippen molar-refractivity contribution >= 4 is 27.6 Å². The maximum Gasteiger partial charge on any atom is 0.338 e. The van der Waals surface area contributed by atoms with Gasteiger partial charge in [0.15, 0.2) is 6.61 Å². The first kappa shape index (κ1) is 20.6. The minimum absolute atomic E-state index is 0.0647. The van der Waals surface area contributed by atoms with Crippen LogP contribution in [0.4, 0.5) is 5.69 Å². The van der Waals surface area contributed by atoms with Crippen molar-refractivity contribution in [1.82, 2.24) is 4.72 Å². The number of benzene rings is 2. The Kier molecular flexibility index (Phi) is 6.35. The highest BCUT2D eigenvalue weighted by Gasteiger charge is 2.16. The number of hydrogen-bond acceptors (Lipinski definition) is 5. The van der Waals surface area contributed by atoms with E-state index in [4.69, 9.17) is 4.74 Å². The quantitative estimate of drug-likeness (QED) is 0.737. The van der Waals surface area contributed by atoms with Crippen LogP contribution in [0.25, 0.3) is 0 Å². The monoisotopic (exact) mass is 390 g/mol. The number of aryl methyl sites for hydroxylation is 3. The Morgan fingerprint density at radius 3 is 2.26 bits per heavy atom. The van der Waals surface area contributed by atoms with Crippen molar-refractivity contribution in [1.29, 1.82) is 0 Å². The summed E-state index contributed by atoms with van der Waals surface area (Å²) in [4.78, 5) is 24.1. The molecule has 144 valence electrons. The smallest absolute Gasteiger partial charge is 0.338 e. The number of anilines is 1. The molecule has 27 heavy (non-hydrogen) atoms. The van der Waals surface area contributed by atoms with Crippen molar-refractivity contribution in [3.63, 3.8) is 0 Å². The van der Waals surface area contributed by atoms with E-state index < -0.39 is 28.5 Å². The van der Waals surface area contributed by atoms with E-state index in [0.29, 0.717) is 16.8 Å². The molecule has 2 aromatic rings. The average Bonchev–Trinajstić information content (AvgIpc) is 2.63. The summed E-state index contributed by atoms with van der Waals surface area (Å²) in [6.45, 7) is 4.99. The molecule has 0 spiro atoms. The van der Waals surface area contributed by atoms with E-state index in [2.05, 4.69) is 10.0 Å². The zero-order valence-electron chi connectivity index (χ0n) is 15.6. The molecule has 2 rings (SSSR count). The molecule has 0 aromatic heterocycles. The third-order valence-corrected chi connectivity index (χ3v) is 5.66. The van der Waals surface area contributed by atoms with Crippen molar-refractivity contribution in [2.75, 3.05) is 19.0 Å². The van der Waals surface area contributed by atoms with E-state index in [1.165, 1.54) is 13.1 Å². The number of rotatable bonds is 6. The zero-order valence-corrected chi connectivity index (χ0v) is 16.4. The van der Waals surface area contributed by atoms with Crippen molar-refractivity contribution in [3.05, 3.63) is 58.7 Å². The first-order chi connectivity index (χ1) is 12.6.